The van der Waals surface area contributed by atoms with E-state index in [2.05, 4.69) is 58.5 Å². The smallest absolute Gasteiger partial charge is 0.0887 e. The lowest BCUT2D eigenvalue weighted by Crippen LogP contribution is -2.50. The highest BCUT2D eigenvalue weighted by Crippen LogP contribution is 2.31. The lowest BCUT2D eigenvalue weighted by Gasteiger charge is -2.36. The quantitative estimate of drug-likeness (QED) is 0.795. The molecule has 1 aromatic carbocycles. The summed E-state index contributed by atoms with van der Waals surface area (Å²) < 4.78 is 0. The number of benzene rings is 1. The molecule has 0 amide bonds. The fourth-order valence-electron chi connectivity index (χ4n) is 2.52. The van der Waals surface area contributed by atoms with Gasteiger partial charge in [-0.15, -0.1) is 0 Å². The molecule has 0 aliphatic heterocycles. The molecule has 0 saturated heterocycles. The van der Waals surface area contributed by atoms with Gasteiger partial charge in [0.2, 0.25) is 0 Å². The second-order valence-corrected chi connectivity index (χ2v) is 11.2. The number of aliphatic hydroxyl groups excluding tert-OH is 1. The van der Waals surface area contributed by atoms with Gasteiger partial charge >= 0.3 is 0 Å². The molecule has 0 bridgehead atoms. The predicted octanol–water partition coefficient (Wildman–Crippen LogP) is 3.33. The summed E-state index contributed by atoms with van der Waals surface area (Å²) in [4.78, 5) is 0. The van der Waals surface area contributed by atoms with Crippen LogP contribution in [0.5, 0.6) is 0 Å². The SMILES string of the molecule is CC(C)[Si](C)(c1cccc(CCO)c1)C(C)C. The summed E-state index contributed by atoms with van der Waals surface area (Å²) in [5, 5.41) is 10.6. The van der Waals surface area contributed by atoms with E-state index in [4.69, 9.17) is 5.11 Å². The topological polar surface area (TPSA) is 20.2 Å². The standard InChI is InChI=1S/C15H26OSi/c1-12(2)17(5,13(3)4)15-8-6-7-14(11-15)9-10-16/h6-8,11-13,16H,9-10H2,1-5H3. The molecule has 1 rings (SSSR count). The fourth-order valence-corrected chi connectivity index (χ4v) is 6.14. The zero-order valence-electron chi connectivity index (χ0n) is 11.8. The van der Waals surface area contributed by atoms with Crippen LogP contribution in [0.4, 0.5) is 0 Å². The van der Waals surface area contributed by atoms with Crippen LogP contribution in [-0.4, -0.2) is 19.8 Å². The van der Waals surface area contributed by atoms with Crippen molar-refractivity contribution in [3.05, 3.63) is 29.8 Å². The Morgan fingerprint density at radius 3 is 2.18 bits per heavy atom. The van der Waals surface area contributed by atoms with E-state index >= 15 is 0 Å². The molecule has 0 atom stereocenters. The largest absolute Gasteiger partial charge is 0.396 e. The van der Waals surface area contributed by atoms with E-state index in [0.29, 0.717) is 0 Å². The van der Waals surface area contributed by atoms with Gasteiger partial charge in [0.05, 0.1) is 8.07 Å². The Hall–Kier alpha value is -0.603. The van der Waals surface area contributed by atoms with E-state index < -0.39 is 8.07 Å². The minimum Gasteiger partial charge on any atom is -0.396 e. The van der Waals surface area contributed by atoms with Gasteiger partial charge in [0, 0.05) is 6.61 Å². The number of hydrogen-bond acceptors (Lipinski definition) is 1. The number of rotatable bonds is 5. The second-order valence-electron chi connectivity index (χ2n) is 5.77. The van der Waals surface area contributed by atoms with E-state index in [1.165, 1.54) is 10.8 Å². The average molecular weight is 250 g/mol. The first-order valence-electron chi connectivity index (χ1n) is 6.63. The van der Waals surface area contributed by atoms with Crippen LogP contribution in [0, 0.1) is 0 Å². The molecule has 2 heteroatoms. The Bertz CT molecular complexity index is 350. The van der Waals surface area contributed by atoms with Crippen LogP contribution in [0.25, 0.3) is 0 Å². The van der Waals surface area contributed by atoms with Gasteiger partial charge in [-0.3, -0.25) is 0 Å². The molecule has 1 N–H and O–H groups in total. The molecule has 0 fully saturated rings. The Kier molecular flexibility index (Phi) is 4.96. The maximum absolute atomic E-state index is 9.04. The predicted molar refractivity (Wildman–Crippen MR) is 78.7 cm³/mol. The van der Waals surface area contributed by atoms with Crippen LogP contribution in [-0.2, 0) is 6.42 Å². The summed E-state index contributed by atoms with van der Waals surface area (Å²) in [5.41, 5.74) is 2.75. The van der Waals surface area contributed by atoms with Crippen molar-refractivity contribution in [3.8, 4) is 0 Å². The Morgan fingerprint density at radius 1 is 1.12 bits per heavy atom. The van der Waals surface area contributed by atoms with Crippen molar-refractivity contribution in [3.63, 3.8) is 0 Å². The van der Waals surface area contributed by atoms with E-state index in [0.717, 1.165) is 17.5 Å². The van der Waals surface area contributed by atoms with E-state index in [1.54, 1.807) is 0 Å². The molecule has 0 radical (unpaired) electrons. The zero-order valence-corrected chi connectivity index (χ0v) is 12.8. The molecule has 0 heterocycles. The lowest BCUT2D eigenvalue weighted by molar-refractivity contribution is 0.299. The Morgan fingerprint density at radius 2 is 1.71 bits per heavy atom. The van der Waals surface area contributed by atoms with Crippen molar-refractivity contribution in [1.82, 2.24) is 0 Å². The average Bonchev–Trinajstić information content (AvgIpc) is 2.28. The first kappa shape index (κ1) is 14.5. The van der Waals surface area contributed by atoms with Crippen molar-refractivity contribution in [2.75, 3.05) is 6.61 Å². The van der Waals surface area contributed by atoms with Crippen LogP contribution >= 0.6 is 0 Å². The van der Waals surface area contributed by atoms with Crippen molar-refractivity contribution in [1.29, 1.82) is 0 Å². The summed E-state index contributed by atoms with van der Waals surface area (Å²) >= 11 is 0. The van der Waals surface area contributed by atoms with Crippen molar-refractivity contribution in [2.45, 2.75) is 51.7 Å². The highest BCUT2D eigenvalue weighted by atomic mass is 28.3. The third kappa shape index (κ3) is 2.99. The van der Waals surface area contributed by atoms with E-state index in [-0.39, 0.29) is 6.61 Å². The Labute approximate surface area is 107 Å². The summed E-state index contributed by atoms with van der Waals surface area (Å²) in [5.74, 6) is 0. The minimum absolute atomic E-state index is 0.241. The molecule has 0 saturated carbocycles. The normalized spacial score (nSPS) is 12.5. The highest BCUT2D eigenvalue weighted by molar-refractivity contribution is 6.92. The minimum atomic E-state index is -1.42. The fraction of sp³-hybridized carbons (Fsp3) is 0.600. The second kappa shape index (κ2) is 5.83. The number of hydrogen-bond donors (Lipinski definition) is 1. The molecule has 0 unspecified atom stereocenters. The molecular formula is C15H26OSi. The molecule has 0 spiro atoms. The molecule has 1 nitrogen and oxygen atoms in total. The monoisotopic (exact) mass is 250 g/mol. The van der Waals surface area contributed by atoms with E-state index in [1.807, 2.05) is 0 Å². The van der Waals surface area contributed by atoms with Crippen LogP contribution < -0.4 is 5.19 Å². The summed E-state index contributed by atoms with van der Waals surface area (Å²) in [7, 11) is -1.42. The third-order valence-electron chi connectivity index (χ3n) is 4.35. The van der Waals surface area contributed by atoms with Crippen molar-refractivity contribution < 1.29 is 5.11 Å². The maximum atomic E-state index is 9.04. The van der Waals surface area contributed by atoms with Gasteiger partial charge in [0.1, 0.15) is 0 Å². The summed E-state index contributed by atoms with van der Waals surface area (Å²) in [6.07, 6.45) is 0.772. The Balaban J connectivity index is 3.15. The van der Waals surface area contributed by atoms with Gasteiger partial charge in [0.25, 0.3) is 0 Å². The van der Waals surface area contributed by atoms with Crippen LogP contribution in [0.15, 0.2) is 24.3 Å². The molecule has 0 aromatic heterocycles. The van der Waals surface area contributed by atoms with Gasteiger partial charge in [-0.2, -0.15) is 0 Å². The van der Waals surface area contributed by atoms with Gasteiger partial charge in [0.15, 0.2) is 0 Å². The number of aliphatic hydroxyl groups is 1. The lowest BCUT2D eigenvalue weighted by atomic mass is 10.2. The first-order valence-corrected chi connectivity index (χ1v) is 9.28. The van der Waals surface area contributed by atoms with Gasteiger partial charge in [-0.05, 0) is 23.1 Å². The first-order chi connectivity index (χ1) is 7.92. The third-order valence-corrected chi connectivity index (χ3v) is 10.7. The maximum Gasteiger partial charge on any atom is 0.0887 e. The molecule has 17 heavy (non-hydrogen) atoms. The molecule has 0 aliphatic carbocycles. The van der Waals surface area contributed by atoms with Crippen LogP contribution in [0.2, 0.25) is 17.6 Å². The van der Waals surface area contributed by atoms with Crippen LogP contribution in [0.1, 0.15) is 33.3 Å². The van der Waals surface area contributed by atoms with Crippen molar-refractivity contribution in [2.24, 2.45) is 0 Å². The van der Waals surface area contributed by atoms with Gasteiger partial charge < -0.3 is 5.11 Å². The van der Waals surface area contributed by atoms with Gasteiger partial charge in [-0.25, -0.2) is 0 Å². The molecule has 0 aliphatic rings. The van der Waals surface area contributed by atoms with Crippen molar-refractivity contribution >= 4 is 13.3 Å². The molecule has 96 valence electrons. The molecule has 1 aromatic rings. The zero-order chi connectivity index (χ0) is 13.1. The van der Waals surface area contributed by atoms with Gasteiger partial charge in [-0.1, -0.05) is 63.7 Å². The highest BCUT2D eigenvalue weighted by Gasteiger charge is 2.36. The molecular weight excluding hydrogens is 224 g/mol. The van der Waals surface area contributed by atoms with Crippen LogP contribution in [0.3, 0.4) is 0 Å². The van der Waals surface area contributed by atoms with E-state index in [9.17, 15) is 0 Å². The summed E-state index contributed by atoms with van der Waals surface area (Å²) in [6.45, 7) is 12.1. The summed E-state index contributed by atoms with van der Waals surface area (Å²) in [6, 6.07) is 8.88.